The summed E-state index contributed by atoms with van der Waals surface area (Å²) in [5, 5.41) is 6.88. The van der Waals surface area contributed by atoms with Crippen molar-refractivity contribution < 1.29 is 13.9 Å². The van der Waals surface area contributed by atoms with Crippen molar-refractivity contribution in [1.29, 1.82) is 0 Å². The SMILES string of the molecule is CCN1CCC(CN=C(NCCc2ccco2)Nc2ccc3c(c2)OCCCO3)C1. The average molecular weight is 413 g/mol. The Bertz CT molecular complexity index is 822. The van der Waals surface area contributed by atoms with Crippen LogP contribution in [0.2, 0.25) is 0 Å². The molecule has 0 radical (unpaired) electrons. The Labute approximate surface area is 178 Å². The van der Waals surface area contributed by atoms with Gasteiger partial charge in [0.05, 0.1) is 19.5 Å². The molecule has 1 saturated heterocycles. The zero-order chi connectivity index (χ0) is 20.6. The van der Waals surface area contributed by atoms with Gasteiger partial charge >= 0.3 is 0 Å². The third-order valence-electron chi connectivity index (χ3n) is 5.58. The largest absolute Gasteiger partial charge is 0.490 e. The summed E-state index contributed by atoms with van der Waals surface area (Å²) >= 11 is 0. The monoisotopic (exact) mass is 412 g/mol. The second-order valence-electron chi connectivity index (χ2n) is 7.83. The highest BCUT2D eigenvalue weighted by Crippen LogP contribution is 2.32. The maximum atomic E-state index is 5.82. The first-order valence-corrected chi connectivity index (χ1v) is 11.0. The lowest BCUT2D eigenvalue weighted by molar-refractivity contribution is 0.297. The van der Waals surface area contributed by atoms with Crippen LogP contribution in [0.15, 0.2) is 46.0 Å². The Balaban J connectivity index is 1.40. The fourth-order valence-corrected chi connectivity index (χ4v) is 3.85. The first-order chi connectivity index (χ1) is 14.8. The number of hydrogen-bond donors (Lipinski definition) is 2. The number of benzene rings is 1. The molecule has 1 fully saturated rings. The molecule has 1 aromatic carbocycles. The molecular formula is C23H32N4O3. The predicted octanol–water partition coefficient (Wildman–Crippen LogP) is 3.38. The lowest BCUT2D eigenvalue weighted by Crippen LogP contribution is -2.33. The van der Waals surface area contributed by atoms with Crippen molar-refractivity contribution in [3.63, 3.8) is 0 Å². The van der Waals surface area contributed by atoms with Crippen molar-refractivity contribution >= 4 is 11.6 Å². The van der Waals surface area contributed by atoms with Crippen molar-refractivity contribution in [1.82, 2.24) is 10.2 Å². The highest BCUT2D eigenvalue weighted by molar-refractivity contribution is 5.94. The van der Waals surface area contributed by atoms with Crippen molar-refractivity contribution in [2.75, 3.05) is 51.3 Å². The summed E-state index contributed by atoms with van der Waals surface area (Å²) in [6.07, 6.45) is 4.62. The average Bonchev–Trinajstić information content (AvgIpc) is 3.39. The van der Waals surface area contributed by atoms with Crippen LogP contribution in [0.4, 0.5) is 5.69 Å². The molecule has 7 nitrogen and oxygen atoms in total. The minimum Gasteiger partial charge on any atom is -0.490 e. The van der Waals surface area contributed by atoms with Gasteiger partial charge in [-0.05, 0) is 49.7 Å². The number of fused-ring (bicyclic) bond motifs is 1. The maximum Gasteiger partial charge on any atom is 0.195 e. The van der Waals surface area contributed by atoms with Gasteiger partial charge in [0, 0.05) is 44.2 Å². The fraction of sp³-hybridized carbons (Fsp3) is 0.522. The van der Waals surface area contributed by atoms with Gasteiger partial charge in [-0.25, -0.2) is 0 Å². The first kappa shape index (κ1) is 20.6. The number of anilines is 1. The van der Waals surface area contributed by atoms with Crippen molar-refractivity contribution in [3.05, 3.63) is 42.4 Å². The minimum atomic E-state index is 0.609. The molecule has 2 N–H and O–H groups in total. The summed E-state index contributed by atoms with van der Waals surface area (Å²) in [6, 6.07) is 9.86. The zero-order valence-electron chi connectivity index (χ0n) is 17.7. The number of likely N-dealkylation sites (tertiary alicyclic amines) is 1. The molecule has 1 aromatic heterocycles. The van der Waals surface area contributed by atoms with Crippen molar-refractivity contribution in [3.8, 4) is 11.5 Å². The number of ether oxygens (including phenoxy) is 2. The molecule has 30 heavy (non-hydrogen) atoms. The molecule has 2 aliphatic heterocycles. The standard InChI is InChI=1S/C23H32N4O3/c1-2-27-11-9-18(17-27)16-25-23(24-10-8-20-5-3-12-28-20)26-19-6-7-21-22(15-19)30-14-4-13-29-21/h3,5-7,12,15,18H,2,4,8-11,13-14,16-17H2,1H3,(H2,24,25,26). The van der Waals surface area contributed by atoms with Crippen LogP contribution in [0, 0.1) is 5.92 Å². The second kappa shape index (κ2) is 10.4. The van der Waals surface area contributed by atoms with Crippen LogP contribution in [-0.4, -0.2) is 56.8 Å². The quantitative estimate of drug-likeness (QED) is 0.537. The number of guanidine groups is 1. The summed E-state index contributed by atoms with van der Waals surface area (Å²) in [6.45, 7) is 8.57. The molecule has 4 rings (SSSR count). The summed E-state index contributed by atoms with van der Waals surface area (Å²) < 4.78 is 17.0. The van der Waals surface area contributed by atoms with E-state index >= 15 is 0 Å². The van der Waals surface area contributed by atoms with Gasteiger partial charge in [-0.15, -0.1) is 0 Å². The van der Waals surface area contributed by atoms with Gasteiger partial charge in [0.1, 0.15) is 5.76 Å². The van der Waals surface area contributed by atoms with Gasteiger partial charge in [-0.1, -0.05) is 6.92 Å². The van der Waals surface area contributed by atoms with Crippen molar-refractivity contribution in [2.24, 2.45) is 10.9 Å². The number of hydrogen-bond acceptors (Lipinski definition) is 5. The van der Waals surface area contributed by atoms with Crippen LogP contribution in [0.1, 0.15) is 25.5 Å². The third kappa shape index (κ3) is 5.69. The Kier molecular flexibility index (Phi) is 7.13. The molecular weight excluding hydrogens is 380 g/mol. The van der Waals surface area contributed by atoms with E-state index in [0.717, 1.165) is 67.9 Å². The smallest absolute Gasteiger partial charge is 0.195 e. The minimum absolute atomic E-state index is 0.609. The van der Waals surface area contributed by atoms with Crippen LogP contribution in [-0.2, 0) is 6.42 Å². The number of rotatable bonds is 7. The third-order valence-corrected chi connectivity index (χ3v) is 5.58. The number of nitrogens with one attached hydrogen (secondary N) is 2. The van der Waals surface area contributed by atoms with E-state index in [1.165, 1.54) is 13.0 Å². The molecule has 1 atom stereocenters. The molecule has 0 saturated carbocycles. The normalized spacial score (nSPS) is 19.5. The highest BCUT2D eigenvalue weighted by atomic mass is 16.5. The number of nitrogens with zero attached hydrogens (tertiary/aromatic N) is 2. The Morgan fingerprint density at radius 3 is 2.90 bits per heavy atom. The summed E-state index contributed by atoms with van der Waals surface area (Å²) in [7, 11) is 0. The van der Waals surface area contributed by atoms with E-state index in [1.807, 2.05) is 30.3 Å². The predicted molar refractivity (Wildman–Crippen MR) is 119 cm³/mol. The van der Waals surface area contributed by atoms with Crippen LogP contribution < -0.4 is 20.1 Å². The summed E-state index contributed by atoms with van der Waals surface area (Å²) in [5.74, 6) is 3.94. The van der Waals surface area contributed by atoms with E-state index in [1.54, 1.807) is 6.26 Å². The van der Waals surface area contributed by atoms with E-state index in [0.29, 0.717) is 19.1 Å². The summed E-state index contributed by atoms with van der Waals surface area (Å²) in [4.78, 5) is 7.37. The number of furan rings is 1. The zero-order valence-corrected chi connectivity index (χ0v) is 17.7. The molecule has 0 bridgehead atoms. The molecule has 0 amide bonds. The fourth-order valence-electron chi connectivity index (χ4n) is 3.85. The van der Waals surface area contributed by atoms with Crippen LogP contribution in [0.3, 0.4) is 0 Å². The van der Waals surface area contributed by atoms with Crippen LogP contribution in [0.5, 0.6) is 11.5 Å². The highest BCUT2D eigenvalue weighted by Gasteiger charge is 2.21. The van der Waals surface area contributed by atoms with Gasteiger partial charge in [0.15, 0.2) is 17.5 Å². The van der Waals surface area contributed by atoms with E-state index in [-0.39, 0.29) is 0 Å². The summed E-state index contributed by atoms with van der Waals surface area (Å²) in [5.41, 5.74) is 0.935. The molecule has 0 spiro atoms. The van der Waals surface area contributed by atoms with Gasteiger partial charge in [0.2, 0.25) is 0 Å². The molecule has 162 valence electrons. The molecule has 2 aliphatic rings. The molecule has 1 unspecified atom stereocenters. The second-order valence-corrected chi connectivity index (χ2v) is 7.83. The maximum absolute atomic E-state index is 5.82. The molecule has 2 aromatic rings. The Morgan fingerprint density at radius 1 is 1.20 bits per heavy atom. The van der Waals surface area contributed by atoms with E-state index in [9.17, 15) is 0 Å². The van der Waals surface area contributed by atoms with Crippen LogP contribution in [0.25, 0.3) is 0 Å². The first-order valence-electron chi connectivity index (χ1n) is 11.0. The lowest BCUT2D eigenvalue weighted by atomic mass is 10.1. The number of aliphatic imine (C=N–C) groups is 1. The van der Waals surface area contributed by atoms with Gasteiger partial charge in [-0.2, -0.15) is 0 Å². The molecule has 0 aliphatic carbocycles. The Morgan fingerprint density at radius 2 is 2.10 bits per heavy atom. The van der Waals surface area contributed by atoms with Gasteiger partial charge in [0.25, 0.3) is 0 Å². The molecule has 7 heteroatoms. The van der Waals surface area contributed by atoms with Crippen LogP contribution >= 0.6 is 0 Å². The topological polar surface area (TPSA) is 71.3 Å². The van der Waals surface area contributed by atoms with E-state index in [2.05, 4.69) is 22.5 Å². The lowest BCUT2D eigenvalue weighted by Gasteiger charge is -2.16. The van der Waals surface area contributed by atoms with Gasteiger partial charge < -0.3 is 29.4 Å². The molecule has 3 heterocycles. The van der Waals surface area contributed by atoms with Gasteiger partial charge in [-0.3, -0.25) is 4.99 Å². The Hall–Kier alpha value is -2.67. The van der Waals surface area contributed by atoms with E-state index < -0.39 is 0 Å². The van der Waals surface area contributed by atoms with E-state index in [4.69, 9.17) is 18.9 Å². The van der Waals surface area contributed by atoms with Crippen molar-refractivity contribution in [2.45, 2.75) is 26.2 Å².